The summed E-state index contributed by atoms with van der Waals surface area (Å²) < 4.78 is 3.07. The van der Waals surface area contributed by atoms with E-state index in [1.807, 2.05) is 19.3 Å². The highest BCUT2D eigenvalue weighted by Gasteiger charge is 2.03. The largest absolute Gasteiger partial charge is 0.332 e. The number of hydrogen-bond donors (Lipinski definition) is 1. The van der Waals surface area contributed by atoms with Gasteiger partial charge in [-0.2, -0.15) is 5.10 Å². The summed E-state index contributed by atoms with van der Waals surface area (Å²) in [5, 5.41) is 6.86. The first-order valence-corrected chi connectivity index (χ1v) is 4.50. The van der Waals surface area contributed by atoms with Gasteiger partial charge in [-0.15, -0.1) is 0 Å². The van der Waals surface area contributed by atoms with Gasteiger partial charge in [0.15, 0.2) is 0 Å². The molecule has 0 radical (unpaired) electrons. The van der Waals surface area contributed by atoms with Crippen LogP contribution in [-0.2, 0) is 13.6 Å². The molecule has 15 heavy (non-hydrogen) atoms. The Balaban J connectivity index is 1.91. The molecule has 0 fully saturated rings. The molecule has 6 nitrogen and oxygen atoms in total. The third-order valence-electron chi connectivity index (χ3n) is 1.93. The van der Waals surface area contributed by atoms with Crippen molar-refractivity contribution in [1.82, 2.24) is 24.6 Å². The number of nitrogens with one attached hydrogen (secondary N) is 1. The fraction of sp³-hybridized carbons (Fsp3) is 0.222. The van der Waals surface area contributed by atoms with Crippen molar-refractivity contribution in [3.63, 3.8) is 0 Å². The molecule has 0 aromatic carbocycles. The first-order chi connectivity index (χ1) is 7.25. The number of aryl methyl sites for hydroxylation is 1. The molecule has 78 valence electrons. The van der Waals surface area contributed by atoms with E-state index in [0.29, 0.717) is 6.54 Å². The summed E-state index contributed by atoms with van der Waals surface area (Å²) in [4.78, 5) is 15.2. The van der Waals surface area contributed by atoms with Crippen molar-refractivity contribution in [3.8, 4) is 0 Å². The van der Waals surface area contributed by atoms with Crippen LogP contribution in [0.5, 0.6) is 0 Å². The summed E-state index contributed by atoms with van der Waals surface area (Å²) in [5.74, 6) is 0. The Morgan fingerprint density at radius 1 is 1.53 bits per heavy atom. The lowest BCUT2D eigenvalue weighted by molar-refractivity contribution is 0.242. The van der Waals surface area contributed by atoms with E-state index in [4.69, 9.17) is 0 Å². The third-order valence-corrected chi connectivity index (χ3v) is 1.93. The Labute approximate surface area is 86.5 Å². The van der Waals surface area contributed by atoms with Gasteiger partial charge >= 0.3 is 6.03 Å². The molecule has 0 bridgehead atoms. The van der Waals surface area contributed by atoms with Crippen LogP contribution < -0.4 is 5.32 Å². The van der Waals surface area contributed by atoms with E-state index in [1.54, 1.807) is 17.1 Å². The van der Waals surface area contributed by atoms with E-state index >= 15 is 0 Å². The number of nitrogens with zero attached hydrogens (tertiary/aromatic N) is 4. The zero-order chi connectivity index (χ0) is 10.7. The summed E-state index contributed by atoms with van der Waals surface area (Å²) in [6, 6.07) is 1.65. The lowest BCUT2D eigenvalue weighted by atomic mass is 10.4. The van der Waals surface area contributed by atoms with Crippen molar-refractivity contribution in [2.45, 2.75) is 6.54 Å². The fourth-order valence-corrected chi connectivity index (χ4v) is 1.19. The number of amides is 1. The average Bonchev–Trinajstić information content (AvgIpc) is 2.84. The van der Waals surface area contributed by atoms with Gasteiger partial charge in [0, 0.05) is 25.6 Å². The minimum atomic E-state index is -0.210. The molecule has 0 aliphatic rings. The standard InChI is InChI=1S/C9H11N5O/c1-13-4-2-8(12-13)6-11-9(15)14-5-3-10-7-14/h2-5,7H,6H2,1H3,(H,11,15). The van der Waals surface area contributed by atoms with Crippen molar-refractivity contribution >= 4 is 6.03 Å². The molecule has 2 rings (SSSR count). The Morgan fingerprint density at radius 3 is 3.00 bits per heavy atom. The predicted octanol–water partition coefficient (Wildman–Crippen LogP) is 0.374. The van der Waals surface area contributed by atoms with Gasteiger partial charge in [0.2, 0.25) is 0 Å². The molecule has 0 aliphatic heterocycles. The molecule has 0 unspecified atom stereocenters. The Bertz CT molecular complexity index is 445. The van der Waals surface area contributed by atoms with Gasteiger partial charge in [-0.1, -0.05) is 0 Å². The third kappa shape index (κ3) is 2.22. The summed E-state index contributed by atoms with van der Waals surface area (Å²) in [5.41, 5.74) is 0.825. The van der Waals surface area contributed by atoms with Crippen LogP contribution in [0, 0.1) is 0 Å². The van der Waals surface area contributed by atoms with Crippen molar-refractivity contribution in [2.24, 2.45) is 7.05 Å². The summed E-state index contributed by atoms with van der Waals surface area (Å²) in [6.45, 7) is 0.415. The second kappa shape index (κ2) is 3.95. The van der Waals surface area contributed by atoms with Crippen LogP contribution in [0.3, 0.4) is 0 Å². The summed E-state index contributed by atoms with van der Waals surface area (Å²) in [6.07, 6.45) is 6.43. The number of aromatic nitrogens is 4. The van der Waals surface area contributed by atoms with Crippen LogP contribution >= 0.6 is 0 Å². The maximum atomic E-state index is 11.5. The minimum Gasteiger partial charge on any atom is -0.332 e. The van der Waals surface area contributed by atoms with Gasteiger partial charge in [-0.25, -0.2) is 9.78 Å². The normalized spacial score (nSPS) is 10.2. The van der Waals surface area contributed by atoms with Crippen LogP contribution in [0.1, 0.15) is 5.69 Å². The highest BCUT2D eigenvalue weighted by atomic mass is 16.2. The average molecular weight is 205 g/mol. The number of rotatable bonds is 2. The lowest BCUT2D eigenvalue weighted by Crippen LogP contribution is -2.27. The molecular weight excluding hydrogens is 194 g/mol. The van der Waals surface area contributed by atoms with Crippen LogP contribution in [0.2, 0.25) is 0 Å². The first-order valence-electron chi connectivity index (χ1n) is 4.50. The topological polar surface area (TPSA) is 64.7 Å². The molecule has 0 aliphatic carbocycles. The zero-order valence-corrected chi connectivity index (χ0v) is 8.29. The van der Waals surface area contributed by atoms with Gasteiger partial charge < -0.3 is 5.32 Å². The quantitative estimate of drug-likeness (QED) is 0.770. The van der Waals surface area contributed by atoms with E-state index < -0.39 is 0 Å². The second-order valence-electron chi connectivity index (χ2n) is 3.11. The van der Waals surface area contributed by atoms with Crippen molar-refractivity contribution in [3.05, 3.63) is 36.7 Å². The van der Waals surface area contributed by atoms with Crippen molar-refractivity contribution in [1.29, 1.82) is 0 Å². The minimum absolute atomic E-state index is 0.210. The van der Waals surface area contributed by atoms with Crippen LogP contribution in [0.25, 0.3) is 0 Å². The summed E-state index contributed by atoms with van der Waals surface area (Å²) >= 11 is 0. The molecule has 1 N–H and O–H groups in total. The van der Waals surface area contributed by atoms with Crippen LogP contribution in [0.15, 0.2) is 31.0 Å². The smallest absolute Gasteiger partial charge is 0.327 e. The van der Waals surface area contributed by atoms with Gasteiger partial charge in [0.05, 0.1) is 12.2 Å². The molecular formula is C9H11N5O. The van der Waals surface area contributed by atoms with E-state index in [-0.39, 0.29) is 6.03 Å². The fourth-order valence-electron chi connectivity index (χ4n) is 1.19. The molecule has 0 atom stereocenters. The van der Waals surface area contributed by atoms with Crippen molar-refractivity contribution in [2.75, 3.05) is 0 Å². The van der Waals surface area contributed by atoms with Crippen LogP contribution in [-0.4, -0.2) is 25.4 Å². The van der Waals surface area contributed by atoms with Crippen molar-refractivity contribution < 1.29 is 4.79 Å². The number of carbonyl (C=O) groups excluding carboxylic acids is 1. The maximum Gasteiger partial charge on any atom is 0.327 e. The molecule has 2 heterocycles. The lowest BCUT2D eigenvalue weighted by Gasteiger charge is -2.02. The predicted molar refractivity (Wildman–Crippen MR) is 53.1 cm³/mol. The molecule has 1 amide bonds. The van der Waals surface area contributed by atoms with E-state index in [9.17, 15) is 4.79 Å². The second-order valence-corrected chi connectivity index (χ2v) is 3.11. The Hall–Kier alpha value is -2.11. The molecule has 0 saturated carbocycles. The SMILES string of the molecule is Cn1ccc(CNC(=O)n2ccnc2)n1. The van der Waals surface area contributed by atoms with Gasteiger partial charge in [0.25, 0.3) is 0 Å². The monoisotopic (exact) mass is 205 g/mol. The highest BCUT2D eigenvalue weighted by molar-refractivity contribution is 5.76. The number of carbonyl (C=O) groups is 1. The molecule has 0 spiro atoms. The maximum absolute atomic E-state index is 11.5. The van der Waals surface area contributed by atoms with Crippen LogP contribution in [0.4, 0.5) is 4.79 Å². The molecule has 2 aromatic heterocycles. The molecule has 0 saturated heterocycles. The highest BCUT2D eigenvalue weighted by Crippen LogP contribution is 1.93. The van der Waals surface area contributed by atoms with E-state index in [2.05, 4.69) is 15.4 Å². The first kappa shape index (κ1) is 9.45. The molecule has 2 aromatic rings. The van der Waals surface area contributed by atoms with Gasteiger partial charge in [-0.05, 0) is 6.07 Å². The zero-order valence-electron chi connectivity index (χ0n) is 8.29. The molecule has 6 heteroatoms. The number of hydrogen-bond acceptors (Lipinski definition) is 3. The summed E-state index contributed by atoms with van der Waals surface area (Å²) in [7, 11) is 1.83. The van der Waals surface area contributed by atoms with E-state index in [0.717, 1.165) is 5.69 Å². The van der Waals surface area contributed by atoms with E-state index in [1.165, 1.54) is 10.9 Å². The number of imidazole rings is 1. The Kier molecular flexibility index (Phi) is 2.49. The van der Waals surface area contributed by atoms with Gasteiger partial charge in [-0.3, -0.25) is 9.25 Å². The Morgan fingerprint density at radius 2 is 2.40 bits per heavy atom. The van der Waals surface area contributed by atoms with Gasteiger partial charge in [0.1, 0.15) is 6.33 Å².